The molecule has 0 bridgehead atoms. The smallest absolute Gasteiger partial charge is 0.345 e. The molecule has 20 heavy (non-hydrogen) atoms. The van der Waals surface area contributed by atoms with E-state index in [4.69, 9.17) is 23.2 Å². The number of aromatic nitrogens is 1. The van der Waals surface area contributed by atoms with Gasteiger partial charge >= 0.3 is 6.18 Å². The molecule has 0 saturated heterocycles. The minimum Gasteiger partial charge on any atom is -0.345 e. The number of rotatable bonds is 1. The molecule has 1 aromatic heterocycles. The second-order valence-corrected chi connectivity index (χ2v) is 5.18. The molecule has 0 saturated carbocycles. The summed E-state index contributed by atoms with van der Waals surface area (Å²) in [6.45, 7) is 1.63. The minimum absolute atomic E-state index is 0.0111. The van der Waals surface area contributed by atoms with Crippen molar-refractivity contribution in [3.63, 3.8) is 0 Å². The van der Waals surface area contributed by atoms with E-state index in [1.807, 2.05) is 0 Å². The quantitative estimate of drug-likeness (QED) is 0.613. The highest BCUT2D eigenvalue weighted by molar-refractivity contribution is 6.34. The van der Waals surface area contributed by atoms with E-state index in [1.54, 1.807) is 6.92 Å². The van der Waals surface area contributed by atoms with Gasteiger partial charge in [-0.2, -0.15) is 13.2 Å². The monoisotopic (exact) mass is 325 g/mol. The fraction of sp³-hybridized carbons (Fsp3) is 0.231. The Bertz CT molecular complexity index is 674. The molecule has 0 amide bonds. The second kappa shape index (κ2) is 4.97. The van der Waals surface area contributed by atoms with E-state index < -0.39 is 22.7 Å². The van der Waals surface area contributed by atoms with Gasteiger partial charge in [-0.25, -0.2) is 4.39 Å². The van der Waals surface area contributed by atoms with E-state index in [-0.39, 0.29) is 16.1 Å². The number of halogens is 6. The average Bonchev–Trinajstić information content (AvgIpc) is 2.58. The van der Waals surface area contributed by atoms with Crippen LogP contribution in [-0.4, -0.2) is 4.57 Å². The van der Waals surface area contributed by atoms with Crippen LogP contribution in [0.4, 0.5) is 17.6 Å². The second-order valence-electron chi connectivity index (χ2n) is 4.40. The highest BCUT2D eigenvalue weighted by atomic mass is 35.5. The van der Waals surface area contributed by atoms with Crippen LogP contribution in [0, 0.1) is 12.7 Å². The number of aryl methyl sites for hydroxylation is 2. The molecule has 2 aromatic rings. The maximum atomic E-state index is 13.9. The van der Waals surface area contributed by atoms with E-state index in [0.717, 1.165) is 16.8 Å². The number of alkyl halides is 3. The third kappa shape index (κ3) is 2.52. The first-order valence-electron chi connectivity index (χ1n) is 5.51. The Balaban J connectivity index is 2.70. The Morgan fingerprint density at radius 1 is 1.10 bits per heavy atom. The fourth-order valence-corrected chi connectivity index (χ4v) is 2.51. The van der Waals surface area contributed by atoms with Crippen LogP contribution in [0.3, 0.4) is 0 Å². The van der Waals surface area contributed by atoms with Gasteiger partial charge in [0.25, 0.3) is 0 Å². The summed E-state index contributed by atoms with van der Waals surface area (Å²) in [5.41, 5.74) is -0.487. The maximum absolute atomic E-state index is 13.9. The van der Waals surface area contributed by atoms with Crippen LogP contribution in [0.5, 0.6) is 0 Å². The van der Waals surface area contributed by atoms with Crippen LogP contribution >= 0.6 is 23.2 Å². The number of hydrogen-bond donors (Lipinski definition) is 0. The normalized spacial score (nSPS) is 12.0. The van der Waals surface area contributed by atoms with Gasteiger partial charge in [0.1, 0.15) is 11.5 Å². The van der Waals surface area contributed by atoms with Gasteiger partial charge in [0.2, 0.25) is 0 Å². The summed E-state index contributed by atoms with van der Waals surface area (Å²) in [5, 5.41) is -0.324. The zero-order valence-electron chi connectivity index (χ0n) is 10.4. The summed E-state index contributed by atoms with van der Waals surface area (Å²) in [6, 6.07) is 2.43. The van der Waals surface area contributed by atoms with Crippen molar-refractivity contribution in [1.82, 2.24) is 4.57 Å². The van der Waals surface area contributed by atoms with Crippen molar-refractivity contribution < 1.29 is 17.6 Å². The highest BCUT2D eigenvalue weighted by Gasteiger charge is 2.38. The van der Waals surface area contributed by atoms with Crippen molar-refractivity contribution in [3.05, 3.63) is 45.4 Å². The molecule has 1 nitrogen and oxygen atoms in total. The molecule has 0 aliphatic rings. The first-order valence-corrected chi connectivity index (χ1v) is 6.26. The molecule has 0 spiro atoms. The van der Waals surface area contributed by atoms with Gasteiger partial charge in [-0.15, -0.1) is 0 Å². The first-order chi connectivity index (χ1) is 9.12. The molecule has 1 heterocycles. The van der Waals surface area contributed by atoms with Gasteiger partial charge in [-0.1, -0.05) is 23.2 Å². The van der Waals surface area contributed by atoms with Gasteiger partial charge < -0.3 is 4.57 Å². The Kier molecular flexibility index (Phi) is 3.77. The zero-order chi connectivity index (χ0) is 15.2. The van der Waals surface area contributed by atoms with Gasteiger partial charge in [-0.3, -0.25) is 0 Å². The molecule has 0 fully saturated rings. The Labute approximate surface area is 122 Å². The SMILES string of the molecule is Cc1cc(-c2cn(C)c(C(F)(F)F)c2Cl)c(F)cc1Cl. The lowest BCUT2D eigenvalue weighted by atomic mass is 10.1. The zero-order valence-corrected chi connectivity index (χ0v) is 12.0. The molecular weight excluding hydrogens is 317 g/mol. The predicted octanol–water partition coefficient (Wildman–Crippen LogP) is 5.47. The van der Waals surface area contributed by atoms with Crippen molar-refractivity contribution >= 4 is 23.2 Å². The van der Waals surface area contributed by atoms with Gasteiger partial charge in [0.05, 0.1) is 5.02 Å². The van der Waals surface area contributed by atoms with Crippen molar-refractivity contribution in [1.29, 1.82) is 0 Å². The fourth-order valence-electron chi connectivity index (χ4n) is 1.97. The summed E-state index contributed by atoms with van der Waals surface area (Å²) >= 11 is 11.5. The third-order valence-corrected chi connectivity index (χ3v) is 3.72. The van der Waals surface area contributed by atoms with Crippen LogP contribution in [0.25, 0.3) is 11.1 Å². The minimum atomic E-state index is -4.61. The summed E-state index contributed by atoms with van der Waals surface area (Å²) in [5.74, 6) is -0.721. The van der Waals surface area contributed by atoms with Crippen LogP contribution in [0.1, 0.15) is 11.3 Å². The van der Waals surface area contributed by atoms with E-state index in [0.29, 0.717) is 5.56 Å². The van der Waals surface area contributed by atoms with E-state index in [2.05, 4.69) is 0 Å². The van der Waals surface area contributed by atoms with Crippen LogP contribution in [0.2, 0.25) is 10.0 Å². The topological polar surface area (TPSA) is 4.93 Å². The van der Waals surface area contributed by atoms with Gasteiger partial charge in [0, 0.05) is 29.4 Å². The summed E-state index contributed by atoms with van der Waals surface area (Å²) < 4.78 is 53.3. The van der Waals surface area contributed by atoms with Crippen molar-refractivity contribution in [2.45, 2.75) is 13.1 Å². The molecule has 1 aromatic carbocycles. The predicted molar refractivity (Wildman–Crippen MR) is 70.6 cm³/mol. The summed E-state index contributed by atoms with van der Waals surface area (Å²) in [7, 11) is 1.21. The van der Waals surface area contributed by atoms with E-state index in [1.165, 1.54) is 13.1 Å². The molecule has 0 radical (unpaired) electrons. The van der Waals surface area contributed by atoms with Crippen molar-refractivity contribution in [2.75, 3.05) is 0 Å². The standard InChI is InChI=1S/C13H9Cl2F4N/c1-6-3-7(10(16)4-9(6)14)8-5-20(2)12(11(8)15)13(17,18)19/h3-5H,1-2H3. The molecule has 7 heteroatoms. The lowest BCUT2D eigenvalue weighted by Gasteiger charge is -2.08. The summed E-state index contributed by atoms with van der Waals surface area (Å²) in [6.07, 6.45) is -3.46. The molecule has 0 aliphatic carbocycles. The Hall–Kier alpha value is -1.20. The maximum Gasteiger partial charge on any atom is 0.432 e. The van der Waals surface area contributed by atoms with Gasteiger partial charge in [0.15, 0.2) is 0 Å². The molecule has 0 unspecified atom stereocenters. The third-order valence-electron chi connectivity index (χ3n) is 2.93. The molecule has 108 valence electrons. The molecule has 0 atom stereocenters. The van der Waals surface area contributed by atoms with Gasteiger partial charge in [-0.05, 0) is 24.6 Å². The molecular formula is C13H9Cl2F4N. The molecule has 2 rings (SSSR count). The lowest BCUT2D eigenvalue weighted by molar-refractivity contribution is -0.142. The molecule has 0 aliphatic heterocycles. The van der Waals surface area contributed by atoms with Crippen LogP contribution < -0.4 is 0 Å². The lowest BCUT2D eigenvalue weighted by Crippen LogP contribution is -2.10. The largest absolute Gasteiger partial charge is 0.432 e. The number of nitrogens with zero attached hydrogens (tertiary/aromatic N) is 1. The molecule has 0 N–H and O–H groups in total. The van der Waals surface area contributed by atoms with Crippen molar-refractivity contribution in [3.8, 4) is 11.1 Å². The summed E-state index contributed by atoms with van der Waals surface area (Å²) in [4.78, 5) is 0. The van der Waals surface area contributed by atoms with Crippen molar-refractivity contribution in [2.24, 2.45) is 7.05 Å². The van der Waals surface area contributed by atoms with E-state index in [9.17, 15) is 17.6 Å². The first kappa shape index (κ1) is 15.2. The van der Waals surface area contributed by atoms with E-state index >= 15 is 0 Å². The number of hydrogen-bond acceptors (Lipinski definition) is 0. The van der Waals surface area contributed by atoms with Crippen LogP contribution in [0.15, 0.2) is 18.3 Å². The van der Waals surface area contributed by atoms with Crippen LogP contribution in [-0.2, 0) is 13.2 Å². The average molecular weight is 326 g/mol. The number of benzene rings is 1. The highest BCUT2D eigenvalue weighted by Crippen LogP contribution is 2.42. The Morgan fingerprint density at radius 2 is 1.70 bits per heavy atom. The Morgan fingerprint density at radius 3 is 2.20 bits per heavy atom.